The first kappa shape index (κ1) is 19.4. The molecule has 3 heterocycles. The number of nitrogens with zero attached hydrogens (tertiary/aromatic N) is 4. The van der Waals surface area contributed by atoms with E-state index >= 15 is 0 Å². The van der Waals surface area contributed by atoms with E-state index in [1.807, 2.05) is 24.3 Å². The number of carbonyl (C=O) groups is 1. The van der Waals surface area contributed by atoms with Gasteiger partial charge in [0, 0.05) is 25.8 Å². The number of fused-ring (bicyclic) bond motifs is 1. The molecule has 0 bridgehead atoms. The lowest BCUT2D eigenvalue weighted by atomic mass is 9.91. The maximum absolute atomic E-state index is 10.8. The summed E-state index contributed by atoms with van der Waals surface area (Å²) >= 11 is 6.30. The third kappa shape index (κ3) is 3.83. The molecule has 29 heavy (non-hydrogen) atoms. The first-order valence-corrected chi connectivity index (χ1v) is 9.62. The molecule has 3 N–H and O–H groups in total. The normalized spacial score (nSPS) is 16.1. The summed E-state index contributed by atoms with van der Waals surface area (Å²) in [6, 6.07) is 7.51. The number of hydrogen-bond acceptors (Lipinski definition) is 6. The SMILES string of the molecule is COC1(CNC(=O)O)CCN(c2cnc3c(-c4ccccc4Cl)[nH]nc3n2)CC1. The molecule has 152 valence electrons. The van der Waals surface area contributed by atoms with E-state index in [4.69, 9.17) is 21.4 Å². The molecule has 0 spiro atoms. The lowest BCUT2D eigenvalue weighted by Crippen LogP contribution is -2.52. The molecule has 9 nitrogen and oxygen atoms in total. The summed E-state index contributed by atoms with van der Waals surface area (Å²) in [5.41, 5.74) is 2.24. The average molecular weight is 417 g/mol. The van der Waals surface area contributed by atoms with Gasteiger partial charge in [-0.3, -0.25) is 5.10 Å². The molecule has 10 heteroatoms. The Labute approximate surface area is 172 Å². The number of aromatic amines is 1. The number of halogens is 1. The van der Waals surface area contributed by atoms with Crippen LogP contribution in [0.4, 0.5) is 10.6 Å². The molecular weight excluding hydrogens is 396 g/mol. The van der Waals surface area contributed by atoms with Crippen molar-refractivity contribution in [2.45, 2.75) is 18.4 Å². The van der Waals surface area contributed by atoms with Crippen LogP contribution in [-0.2, 0) is 4.74 Å². The van der Waals surface area contributed by atoms with Gasteiger partial charge >= 0.3 is 6.09 Å². The third-order valence-electron chi connectivity index (χ3n) is 5.39. The second-order valence-corrected chi connectivity index (χ2v) is 7.42. The van der Waals surface area contributed by atoms with E-state index in [1.165, 1.54) is 0 Å². The minimum Gasteiger partial charge on any atom is -0.465 e. The maximum Gasteiger partial charge on any atom is 0.404 e. The van der Waals surface area contributed by atoms with E-state index in [0.29, 0.717) is 42.1 Å². The maximum atomic E-state index is 10.8. The van der Waals surface area contributed by atoms with Crippen molar-refractivity contribution in [2.75, 3.05) is 31.6 Å². The van der Waals surface area contributed by atoms with Crippen molar-refractivity contribution in [2.24, 2.45) is 0 Å². The predicted octanol–water partition coefficient (Wildman–Crippen LogP) is 2.93. The fraction of sp³-hybridized carbons (Fsp3) is 0.368. The number of carboxylic acid groups (broad SMARTS) is 1. The van der Waals surface area contributed by atoms with Crippen molar-refractivity contribution < 1.29 is 14.6 Å². The molecule has 1 aliphatic heterocycles. The van der Waals surface area contributed by atoms with Gasteiger partial charge in [0.1, 0.15) is 11.3 Å². The van der Waals surface area contributed by atoms with E-state index in [9.17, 15) is 4.79 Å². The summed E-state index contributed by atoms with van der Waals surface area (Å²) in [7, 11) is 1.62. The van der Waals surface area contributed by atoms with Crippen LogP contribution >= 0.6 is 11.6 Å². The topological polar surface area (TPSA) is 116 Å². The van der Waals surface area contributed by atoms with Crippen molar-refractivity contribution in [3.05, 3.63) is 35.5 Å². The van der Waals surface area contributed by atoms with E-state index in [-0.39, 0.29) is 6.54 Å². The standard InChI is InChI=1S/C19H21ClN6O3/c1-29-19(11-22-18(27)28)6-8-26(9-7-19)14-10-21-16-15(24-25-17(16)23-14)12-4-2-3-5-13(12)20/h2-5,10,22H,6-9,11H2,1H3,(H,27,28)(H,23,24,25). The molecule has 4 rings (SSSR count). The molecule has 2 aromatic heterocycles. The highest BCUT2D eigenvalue weighted by Crippen LogP contribution is 2.32. The summed E-state index contributed by atoms with van der Waals surface area (Å²) < 4.78 is 5.63. The Morgan fingerprint density at radius 3 is 2.83 bits per heavy atom. The summed E-state index contributed by atoms with van der Waals surface area (Å²) in [6.07, 6.45) is 2.03. The Hall–Kier alpha value is -2.91. The van der Waals surface area contributed by atoms with Crippen molar-refractivity contribution in [3.63, 3.8) is 0 Å². The number of methoxy groups -OCH3 is 1. The Kier molecular flexibility index (Phi) is 5.25. The van der Waals surface area contributed by atoms with Gasteiger partial charge in [0.2, 0.25) is 5.65 Å². The lowest BCUT2D eigenvalue weighted by molar-refractivity contribution is -0.0271. The molecule has 1 aromatic carbocycles. The molecule has 0 aliphatic carbocycles. The Morgan fingerprint density at radius 1 is 1.38 bits per heavy atom. The Bertz CT molecular complexity index is 1030. The zero-order valence-electron chi connectivity index (χ0n) is 15.9. The number of aromatic nitrogens is 4. The zero-order valence-corrected chi connectivity index (χ0v) is 16.6. The largest absolute Gasteiger partial charge is 0.465 e. The summed E-state index contributed by atoms with van der Waals surface area (Å²) in [4.78, 5) is 22.1. The molecule has 3 aromatic rings. The predicted molar refractivity (Wildman–Crippen MR) is 109 cm³/mol. The van der Waals surface area contributed by atoms with E-state index < -0.39 is 11.7 Å². The minimum atomic E-state index is -1.05. The van der Waals surface area contributed by atoms with Crippen molar-refractivity contribution in [1.82, 2.24) is 25.5 Å². The summed E-state index contributed by atoms with van der Waals surface area (Å²) in [5.74, 6) is 0.727. The van der Waals surface area contributed by atoms with Crippen molar-refractivity contribution in [1.29, 1.82) is 0 Å². The number of benzene rings is 1. The first-order chi connectivity index (χ1) is 14.0. The Balaban J connectivity index is 1.53. The van der Waals surface area contributed by atoms with Gasteiger partial charge in [0.15, 0.2) is 0 Å². The monoisotopic (exact) mass is 416 g/mol. The molecule has 1 fully saturated rings. The van der Waals surface area contributed by atoms with Crippen LogP contribution in [-0.4, -0.2) is 63.7 Å². The van der Waals surface area contributed by atoms with E-state index in [0.717, 1.165) is 17.1 Å². The van der Waals surface area contributed by atoms with E-state index in [1.54, 1.807) is 13.3 Å². The number of hydrogen-bond donors (Lipinski definition) is 3. The van der Waals surface area contributed by atoms with Gasteiger partial charge in [-0.1, -0.05) is 29.8 Å². The van der Waals surface area contributed by atoms with E-state index in [2.05, 4.69) is 30.4 Å². The molecule has 0 atom stereocenters. The number of piperidine rings is 1. The number of nitrogens with one attached hydrogen (secondary N) is 2. The van der Waals surface area contributed by atoms with Crippen LogP contribution in [0.25, 0.3) is 22.4 Å². The lowest BCUT2D eigenvalue weighted by Gasteiger charge is -2.41. The number of amides is 1. The van der Waals surface area contributed by atoms with Crippen LogP contribution in [0.3, 0.4) is 0 Å². The molecule has 0 saturated carbocycles. The second-order valence-electron chi connectivity index (χ2n) is 7.01. The molecule has 1 amide bonds. The average Bonchev–Trinajstić information content (AvgIpc) is 3.16. The number of anilines is 1. The molecule has 0 radical (unpaired) electrons. The number of ether oxygens (including phenoxy) is 1. The highest BCUT2D eigenvalue weighted by molar-refractivity contribution is 6.33. The molecule has 0 unspecified atom stereocenters. The van der Waals surface area contributed by atoms with Gasteiger partial charge in [-0.05, 0) is 18.9 Å². The van der Waals surface area contributed by atoms with Crippen LogP contribution in [0.2, 0.25) is 5.02 Å². The fourth-order valence-corrected chi connectivity index (χ4v) is 3.85. The number of H-pyrrole nitrogens is 1. The molecule has 1 aliphatic rings. The third-order valence-corrected chi connectivity index (χ3v) is 5.72. The minimum absolute atomic E-state index is 0.262. The van der Waals surface area contributed by atoms with Gasteiger partial charge in [-0.25, -0.2) is 14.8 Å². The number of rotatable bonds is 5. The van der Waals surface area contributed by atoms with Gasteiger partial charge < -0.3 is 20.1 Å². The van der Waals surface area contributed by atoms with Gasteiger partial charge in [0.05, 0.1) is 29.1 Å². The quantitative estimate of drug-likeness (QED) is 0.585. The van der Waals surface area contributed by atoms with Crippen LogP contribution < -0.4 is 10.2 Å². The zero-order chi connectivity index (χ0) is 20.4. The van der Waals surface area contributed by atoms with Crippen molar-refractivity contribution in [3.8, 4) is 11.3 Å². The smallest absolute Gasteiger partial charge is 0.404 e. The fourth-order valence-electron chi connectivity index (χ4n) is 3.62. The second kappa shape index (κ2) is 7.84. The highest BCUT2D eigenvalue weighted by Gasteiger charge is 2.35. The summed E-state index contributed by atoms with van der Waals surface area (Å²) in [6.45, 7) is 1.62. The molecule has 1 saturated heterocycles. The van der Waals surface area contributed by atoms with Crippen LogP contribution in [0, 0.1) is 0 Å². The van der Waals surface area contributed by atoms with Gasteiger partial charge in [0.25, 0.3) is 0 Å². The van der Waals surface area contributed by atoms with Crippen LogP contribution in [0.1, 0.15) is 12.8 Å². The van der Waals surface area contributed by atoms with Crippen LogP contribution in [0.5, 0.6) is 0 Å². The van der Waals surface area contributed by atoms with Crippen molar-refractivity contribution >= 4 is 34.7 Å². The summed E-state index contributed by atoms with van der Waals surface area (Å²) in [5, 5.41) is 19.2. The first-order valence-electron chi connectivity index (χ1n) is 9.24. The van der Waals surface area contributed by atoms with Gasteiger partial charge in [-0.15, -0.1) is 0 Å². The molecular formula is C19H21ClN6O3. The highest BCUT2D eigenvalue weighted by atomic mass is 35.5. The van der Waals surface area contributed by atoms with Crippen LogP contribution in [0.15, 0.2) is 30.5 Å². The Morgan fingerprint density at radius 2 is 2.14 bits per heavy atom. The van der Waals surface area contributed by atoms with Gasteiger partial charge in [-0.2, -0.15) is 5.10 Å².